The van der Waals surface area contributed by atoms with E-state index in [0.29, 0.717) is 5.15 Å². The fraction of sp³-hybridized carbons (Fsp3) is 0.533. The summed E-state index contributed by atoms with van der Waals surface area (Å²) in [6.45, 7) is 6.29. The second-order valence-electron chi connectivity index (χ2n) is 4.92. The first-order valence-electron chi connectivity index (χ1n) is 6.81. The normalized spacial score (nSPS) is 16.6. The van der Waals surface area contributed by atoms with Gasteiger partial charge in [0.05, 0.1) is 13.4 Å². The molecule has 1 aromatic rings. The Kier molecular flexibility index (Phi) is 4.70. The van der Waals surface area contributed by atoms with Gasteiger partial charge in [0.1, 0.15) is 5.15 Å². The Morgan fingerprint density at radius 1 is 1.53 bits per heavy atom. The third-order valence-electron chi connectivity index (χ3n) is 3.44. The molecule has 2 heterocycles. The number of hydrogen-bond donors (Lipinski definition) is 0. The van der Waals surface area contributed by atoms with Gasteiger partial charge < -0.3 is 9.64 Å². The van der Waals surface area contributed by atoms with Crippen LogP contribution in [0.15, 0.2) is 12.3 Å². The molecule has 0 bridgehead atoms. The van der Waals surface area contributed by atoms with Crippen molar-refractivity contribution in [2.45, 2.75) is 33.1 Å². The van der Waals surface area contributed by atoms with Gasteiger partial charge >= 0.3 is 0 Å². The van der Waals surface area contributed by atoms with Crippen molar-refractivity contribution in [3.8, 4) is 0 Å². The highest BCUT2D eigenvalue weighted by Gasteiger charge is 2.24. The van der Waals surface area contributed by atoms with Gasteiger partial charge in [-0.15, -0.1) is 0 Å². The zero-order valence-corrected chi connectivity index (χ0v) is 12.6. The second-order valence-corrected chi connectivity index (χ2v) is 5.28. The molecule has 0 aromatic carbocycles. The van der Waals surface area contributed by atoms with Crippen molar-refractivity contribution in [2.75, 3.05) is 25.1 Å². The maximum Gasteiger partial charge on any atom is 0.139 e. The van der Waals surface area contributed by atoms with Crippen LogP contribution in [0.4, 0.5) is 5.69 Å². The molecule has 0 spiro atoms. The molecule has 0 saturated carbocycles. The molecule has 0 radical (unpaired) electrons. The largest absolute Gasteiger partial charge is 0.504 e. The highest BCUT2D eigenvalue weighted by Crippen LogP contribution is 2.39. The van der Waals surface area contributed by atoms with Crippen molar-refractivity contribution < 1.29 is 4.74 Å². The molecule has 0 N–H and O–H groups in total. The summed E-state index contributed by atoms with van der Waals surface area (Å²) < 4.78 is 5.17. The summed E-state index contributed by atoms with van der Waals surface area (Å²) in [6.07, 6.45) is 5.14. The molecule has 0 aliphatic carbocycles. The predicted octanol–water partition coefficient (Wildman–Crippen LogP) is 4.04. The molecule has 104 valence electrons. The van der Waals surface area contributed by atoms with Gasteiger partial charge in [-0.05, 0) is 25.8 Å². The van der Waals surface area contributed by atoms with Crippen LogP contribution in [-0.2, 0) is 4.74 Å². The third kappa shape index (κ3) is 3.03. The Bertz CT molecular complexity index is 485. The van der Waals surface area contributed by atoms with Gasteiger partial charge in [-0.1, -0.05) is 24.9 Å². The van der Waals surface area contributed by atoms with E-state index in [1.54, 1.807) is 13.4 Å². The summed E-state index contributed by atoms with van der Waals surface area (Å²) in [7, 11) is 1.67. The molecule has 3 nitrogen and oxygen atoms in total. The molecule has 0 amide bonds. The number of anilines is 1. The zero-order chi connectivity index (χ0) is 13.8. The lowest BCUT2D eigenvalue weighted by molar-refractivity contribution is 0.338. The molecule has 0 unspecified atom stereocenters. The summed E-state index contributed by atoms with van der Waals surface area (Å²) in [5, 5.41) is 0.583. The Morgan fingerprint density at radius 3 is 3.00 bits per heavy atom. The quantitative estimate of drug-likeness (QED) is 0.615. The molecule has 1 aromatic heterocycles. The minimum Gasteiger partial charge on any atom is -0.504 e. The van der Waals surface area contributed by atoms with E-state index < -0.39 is 0 Å². The monoisotopic (exact) mass is 280 g/mol. The first kappa shape index (κ1) is 14.2. The smallest absolute Gasteiger partial charge is 0.139 e. The minimum atomic E-state index is 0.583. The van der Waals surface area contributed by atoms with E-state index in [9.17, 15) is 0 Å². The summed E-state index contributed by atoms with van der Waals surface area (Å²) in [6, 6.07) is 2.12. The van der Waals surface area contributed by atoms with E-state index in [1.165, 1.54) is 18.5 Å². The lowest BCUT2D eigenvalue weighted by Gasteiger charge is -2.33. The molecule has 19 heavy (non-hydrogen) atoms. The van der Waals surface area contributed by atoms with Crippen LogP contribution in [0.1, 0.15) is 37.4 Å². The van der Waals surface area contributed by atoms with Crippen LogP contribution in [-0.4, -0.2) is 25.2 Å². The number of rotatable bonds is 4. The first-order valence-corrected chi connectivity index (χ1v) is 7.19. The van der Waals surface area contributed by atoms with Crippen molar-refractivity contribution in [1.29, 1.82) is 0 Å². The van der Waals surface area contributed by atoms with Gasteiger partial charge in [-0.25, -0.2) is 4.98 Å². The number of unbranched alkanes of at least 4 members (excludes halogenated alkanes) is 1. The number of fused-ring (bicyclic) bond motifs is 1. The second kappa shape index (κ2) is 6.29. The summed E-state index contributed by atoms with van der Waals surface area (Å²) in [5.74, 6) is 0. The maximum atomic E-state index is 6.34. The number of halogens is 1. The van der Waals surface area contributed by atoms with Crippen LogP contribution in [0.25, 0.3) is 5.57 Å². The van der Waals surface area contributed by atoms with Crippen LogP contribution in [0.3, 0.4) is 0 Å². The van der Waals surface area contributed by atoms with Crippen molar-refractivity contribution >= 4 is 22.9 Å². The number of pyridine rings is 1. The number of ether oxygens (including phenoxy) is 1. The number of nitrogens with zero attached hydrogens (tertiary/aromatic N) is 2. The van der Waals surface area contributed by atoms with Gasteiger partial charge in [0.2, 0.25) is 0 Å². The molecular weight excluding hydrogens is 260 g/mol. The van der Waals surface area contributed by atoms with Crippen LogP contribution in [0.5, 0.6) is 0 Å². The third-order valence-corrected chi connectivity index (χ3v) is 3.71. The lowest BCUT2D eigenvalue weighted by atomic mass is 9.97. The molecule has 0 fully saturated rings. The average Bonchev–Trinajstić information content (AvgIpc) is 2.37. The Balaban J connectivity index is 2.44. The summed E-state index contributed by atoms with van der Waals surface area (Å²) >= 11 is 6.34. The van der Waals surface area contributed by atoms with Crippen molar-refractivity contribution in [3.05, 3.63) is 28.7 Å². The van der Waals surface area contributed by atoms with E-state index in [4.69, 9.17) is 16.3 Å². The first-order chi connectivity index (χ1) is 9.17. The topological polar surface area (TPSA) is 25.4 Å². The highest BCUT2D eigenvalue weighted by atomic mass is 35.5. The zero-order valence-electron chi connectivity index (χ0n) is 11.9. The maximum absolute atomic E-state index is 6.34. The Labute approximate surface area is 120 Å². The minimum absolute atomic E-state index is 0.583. The van der Waals surface area contributed by atoms with Crippen molar-refractivity contribution in [3.63, 3.8) is 0 Å². The van der Waals surface area contributed by atoms with Crippen LogP contribution in [0.2, 0.25) is 5.15 Å². The van der Waals surface area contributed by atoms with E-state index in [-0.39, 0.29) is 0 Å². The van der Waals surface area contributed by atoms with Crippen LogP contribution in [0, 0.1) is 6.92 Å². The summed E-state index contributed by atoms with van der Waals surface area (Å²) in [4.78, 5) is 6.79. The number of aromatic nitrogens is 1. The van der Waals surface area contributed by atoms with E-state index in [1.807, 2.05) is 6.92 Å². The molecule has 0 atom stereocenters. The molecule has 1 aliphatic rings. The number of hydrogen-bond acceptors (Lipinski definition) is 3. The van der Waals surface area contributed by atoms with Gasteiger partial charge in [0.15, 0.2) is 0 Å². The Morgan fingerprint density at radius 2 is 2.32 bits per heavy atom. The van der Waals surface area contributed by atoms with E-state index in [0.717, 1.165) is 36.3 Å². The SMILES string of the molecule is CCCCN1CC/C(=C\OC)c2c1cc(C)nc2Cl. The fourth-order valence-corrected chi connectivity index (χ4v) is 2.86. The van der Waals surface area contributed by atoms with E-state index >= 15 is 0 Å². The summed E-state index contributed by atoms with van der Waals surface area (Å²) in [5.41, 5.74) is 4.34. The predicted molar refractivity (Wildman–Crippen MR) is 80.7 cm³/mol. The number of aryl methyl sites for hydroxylation is 1. The van der Waals surface area contributed by atoms with Gasteiger partial charge in [0, 0.05) is 35.6 Å². The molecule has 4 heteroatoms. The van der Waals surface area contributed by atoms with Gasteiger partial charge in [-0.3, -0.25) is 0 Å². The molecular formula is C15H21ClN2O. The van der Waals surface area contributed by atoms with Crippen molar-refractivity contribution in [2.24, 2.45) is 0 Å². The van der Waals surface area contributed by atoms with E-state index in [2.05, 4.69) is 22.9 Å². The van der Waals surface area contributed by atoms with Crippen LogP contribution < -0.4 is 4.90 Å². The molecule has 1 aliphatic heterocycles. The standard InChI is InChI=1S/C15H21ClN2O/c1-4-5-7-18-8-6-12(10-19-3)14-13(18)9-11(2)17-15(14)16/h9-10H,4-8H2,1-3H3/b12-10+. The molecule has 0 saturated heterocycles. The van der Waals surface area contributed by atoms with Crippen LogP contribution >= 0.6 is 11.6 Å². The van der Waals surface area contributed by atoms with Gasteiger partial charge in [-0.2, -0.15) is 0 Å². The van der Waals surface area contributed by atoms with Gasteiger partial charge in [0.25, 0.3) is 0 Å². The highest BCUT2D eigenvalue weighted by molar-refractivity contribution is 6.31. The lowest BCUT2D eigenvalue weighted by Crippen LogP contribution is -2.30. The average molecular weight is 281 g/mol. The van der Waals surface area contributed by atoms with Crippen molar-refractivity contribution in [1.82, 2.24) is 4.98 Å². The Hall–Kier alpha value is -1.22. The fourth-order valence-electron chi connectivity index (χ4n) is 2.51. The molecule has 2 rings (SSSR count). The number of methoxy groups -OCH3 is 1.